The molecule has 112 valence electrons. The van der Waals surface area contributed by atoms with Gasteiger partial charge in [-0.3, -0.25) is 4.90 Å². The number of nitrogens with two attached hydrogens (primary N) is 1. The highest BCUT2D eigenvalue weighted by atomic mass is 32.2. The van der Waals surface area contributed by atoms with Gasteiger partial charge in [0.1, 0.15) is 23.9 Å². The Balaban J connectivity index is 1.62. The van der Waals surface area contributed by atoms with Crippen LogP contribution in [0.4, 0.5) is 5.69 Å². The highest BCUT2D eigenvalue weighted by Crippen LogP contribution is 2.29. The molecule has 0 saturated carbocycles. The molecule has 0 spiro atoms. The first-order chi connectivity index (χ1) is 10.2. The normalized spacial score (nSPS) is 17.2. The lowest BCUT2D eigenvalue weighted by Gasteiger charge is -2.27. The van der Waals surface area contributed by atoms with E-state index in [0.29, 0.717) is 6.61 Å². The Morgan fingerprint density at radius 1 is 1.10 bits per heavy atom. The molecule has 1 heterocycles. The van der Waals surface area contributed by atoms with Crippen LogP contribution in [-0.4, -0.2) is 47.2 Å². The first-order valence-corrected chi connectivity index (χ1v) is 8.70. The average molecular weight is 304 g/mol. The standard InChI is InChI=1S/C16H20N2O2S/c17-15-5-6-16(14-4-2-1-3-13(14)15)20-10-7-18-8-11-21(19)12-9-18/h1-6H,7-12,17H2. The Kier molecular flexibility index (Phi) is 4.53. The predicted octanol–water partition coefficient (Wildman–Crippen LogP) is 1.87. The second-order valence-electron chi connectivity index (χ2n) is 5.24. The maximum Gasteiger partial charge on any atom is 0.127 e. The summed E-state index contributed by atoms with van der Waals surface area (Å²) in [5.41, 5.74) is 6.77. The summed E-state index contributed by atoms with van der Waals surface area (Å²) >= 11 is -0.620. The van der Waals surface area contributed by atoms with Gasteiger partial charge in [0.05, 0.1) is 0 Å². The second-order valence-corrected chi connectivity index (χ2v) is 6.93. The van der Waals surface area contributed by atoms with E-state index in [1.165, 1.54) is 0 Å². The molecular weight excluding hydrogens is 284 g/mol. The number of nitrogen functional groups attached to an aromatic ring is 1. The second kappa shape index (κ2) is 6.56. The molecule has 1 fully saturated rings. The Labute approximate surface area is 128 Å². The van der Waals surface area contributed by atoms with Crippen molar-refractivity contribution in [2.75, 3.05) is 43.5 Å². The molecule has 0 amide bonds. The third-order valence-corrected chi connectivity index (χ3v) is 5.13. The van der Waals surface area contributed by atoms with Gasteiger partial charge in [0.2, 0.25) is 0 Å². The van der Waals surface area contributed by atoms with Crippen LogP contribution in [0.2, 0.25) is 0 Å². The van der Waals surface area contributed by atoms with Crippen LogP contribution in [0.1, 0.15) is 0 Å². The molecule has 2 aromatic carbocycles. The molecule has 1 aliphatic rings. The summed E-state index contributed by atoms with van der Waals surface area (Å²) in [6.45, 7) is 3.31. The first kappa shape index (κ1) is 14.5. The van der Waals surface area contributed by atoms with Gasteiger partial charge in [0.15, 0.2) is 0 Å². The predicted molar refractivity (Wildman–Crippen MR) is 88.2 cm³/mol. The molecule has 3 rings (SSSR count). The minimum absolute atomic E-state index is 0.620. The van der Waals surface area contributed by atoms with Crippen LogP contribution in [-0.2, 0) is 11.2 Å². The number of benzene rings is 2. The molecule has 1 aliphatic heterocycles. The molecule has 0 bridgehead atoms. The van der Waals surface area contributed by atoms with Gasteiger partial charge in [-0.15, -0.1) is 0 Å². The fraction of sp³-hybridized carbons (Fsp3) is 0.375. The zero-order valence-electron chi connectivity index (χ0n) is 12.0. The van der Waals surface area contributed by atoms with Crippen molar-refractivity contribution >= 4 is 27.6 Å². The quantitative estimate of drug-likeness (QED) is 0.692. The van der Waals surface area contributed by atoms with Crippen LogP contribution in [0.25, 0.3) is 10.8 Å². The molecule has 0 unspecified atom stereocenters. The molecule has 0 aliphatic carbocycles. The van der Waals surface area contributed by atoms with E-state index in [0.717, 1.165) is 53.3 Å². The van der Waals surface area contributed by atoms with E-state index in [2.05, 4.69) is 4.90 Å². The topological polar surface area (TPSA) is 61.5 Å². The SMILES string of the molecule is Nc1ccc(OCCN2CC[S+]([O-])CC2)c2ccccc12. The Morgan fingerprint density at radius 2 is 1.81 bits per heavy atom. The molecule has 2 aromatic rings. The summed E-state index contributed by atoms with van der Waals surface area (Å²) in [4.78, 5) is 2.31. The third-order valence-electron chi connectivity index (χ3n) is 3.85. The molecule has 0 radical (unpaired) electrons. The lowest BCUT2D eigenvalue weighted by Crippen LogP contribution is -2.42. The van der Waals surface area contributed by atoms with Gasteiger partial charge >= 0.3 is 0 Å². The van der Waals surface area contributed by atoms with E-state index in [9.17, 15) is 4.55 Å². The number of fused-ring (bicyclic) bond motifs is 1. The van der Waals surface area contributed by atoms with E-state index < -0.39 is 11.2 Å². The summed E-state index contributed by atoms with van der Waals surface area (Å²) in [7, 11) is 0. The number of ether oxygens (including phenoxy) is 1. The first-order valence-electron chi connectivity index (χ1n) is 7.21. The largest absolute Gasteiger partial charge is 0.616 e. The van der Waals surface area contributed by atoms with Crippen LogP contribution >= 0.6 is 0 Å². The highest BCUT2D eigenvalue weighted by molar-refractivity contribution is 7.91. The van der Waals surface area contributed by atoms with E-state index in [-0.39, 0.29) is 0 Å². The number of hydrogen-bond donors (Lipinski definition) is 1. The molecule has 4 nitrogen and oxygen atoms in total. The smallest absolute Gasteiger partial charge is 0.127 e. The van der Waals surface area contributed by atoms with Crippen molar-refractivity contribution in [1.82, 2.24) is 4.90 Å². The van der Waals surface area contributed by atoms with Gasteiger partial charge < -0.3 is 15.0 Å². The van der Waals surface area contributed by atoms with Crippen LogP contribution in [0.15, 0.2) is 36.4 Å². The molecule has 1 saturated heterocycles. The Morgan fingerprint density at radius 3 is 2.57 bits per heavy atom. The van der Waals surface area contributed by atoms with Gasteiger partial charge in [-0.2, -0.15) is 0 Å². The van der Waals surface area contributed by atoms with E-state index >= 15 is 0 Å². The molecule has 0 aromatic heterocycles. The maximum absolute atomic E-state index is 11.3. The van der Waals surface area contributed by atoms with Crippen LogP contribution in [0.5, 0.6) is 5.75 Å². The van der Waals surface area contributed by atoms with Crippen LogP contribution in [0, 0.1) is 0 Å². The highest BCUT2D eigenvalue weighted by Gasteiger charge is 2.18. The number of hydrogen-bond acceptors (Lipinski definition) is 4. The Hall–Kier alpha value is -1.43. The van der Waals surface area contributed by atoms with Crippen molar-refractivity contribution < 1.29 is 9.29 Å². The number of nitrogens with zero attached hydrogens (tertiary/aromatic N) is 1. The van der Waals surface area contributed by atoms with E-state index in [4.69, 9.17) is 10.5 Å². The van der Waals surface area contributed by atoms with Gasteiger partial charge in [0, 0.05) is 36.1 Å². The van der Waals surface area contributed by atoms with Gasteiger partial charge in [0.25, 0.3) is 0 Å². The maximum atomic E-state index is 11.3. The Bertz CT molecular complexity index is 612. The third kappa shape index (κ3) is 3.43. The summed E-state index contributed by atoms with van der Waals surface area (Å²) < 4.78 is 17.3. The zero-order valence-corrected chi connectivity index (χ0v) is 12.8. The number of rotatable bonds is 4. The molecular formula is C16H20N2O2S. The van der Waals surface area contributed by atoms with Gasteiger partial charge in [-0.25, -0.2) is 0 Å². The van der Waals surface area contributed by atoms with Crippen molar-refractivity contribution in [3.05, 3.63) is 36.4 Å². The zero-order chi connectivity index (χ0) is 14.7. The van der Waals surface area contributed by atoms with Crippen molar-refractivity contribution in [2.24, 2.45) is 0 Å². The van der Waals surface area contributed by atoms with E-state index in [1.54, 1.807) is 0 Å². The lowest BCUT2D eigenvalue weighted by molar-refractivity contribution is 0.221. The van der Waals surface area contributed by atoms with Crippen molar-refractivity contribution in [1.29, 1.82) is 0 Å². The number of anilines is 1. The lowest BCUT2D eigenvalue weighted by atomic mass is 10.1. The van der Waals surface area contributed by atoms with Crippen molar-refractivity contribution in [3.63, 3.8) is 0 Å². The molecule has 21 heavy (non-hydrogen) atoms. The summed E-state index contributed by atoms with van der Waals surface area (Å²) in [5, 5.41) is 2.08. The summed E-state index contributed by atoms with van der Waals surface area (Å²) in [6.07, 6.45) is 0. The monoisotopic (exact) mass is 304 g/mol. The average Bonchev–Trinajstić information content (AvgIpc) is 2.52. The fourth-order valence-electron chi connectivity index (χ4n) is 2.60. The van der Waals surface area contributed by atoms with Crippen molar-refractivity contribution in [2.45, 2.75) is 0 Å². The minimum atomic E-state index is -0.620. The molecule has 5 heteroatoms. The summed E-state index contributed by atoms with van der Waals surface area (Å²) in [6, 6.07) is 11.8. The summed E-state index contributed by atoms with van der Waals surface area (Å²) in [5.74, 6) is 2.44. The molecule has 2 N–H and O–H groups in total. The molecule has 0 atom stereocenters. The van der Waals surface area contributed by atoms with Crippen LogP contribution in [0.3, 0.4) is 0 Å². The minimum Gasteiger partial charge on any atom is -0.616 e. The van der Waals surface area contributed by atoms with Gasteiger partial charge in [-0.05, 0) is 12.1 Å². The van der Waals surface area contributed by atoms with E-state index in [1.807, 2.05) is 36.4 Å². The van der Waals surface area contributed by atoms with Crippen molar-refractivity contribution in [3.8, 4) is 5.75 Å². The van der Waals surface area contributed by atoms with Gasteiger partial charge in [-0.1, -0.05) is 35.4 Å². The fourth-order valence-corrected chi connectivity index (χ4v) is 3.73. The van der Waals surface area contributed by atoms with Crippen LogP contribution < -0.4 is 10.5 Å².